The molecule has 0 fully saturated rings. The summed E-state index contributed by atoms with van der Waals surface area (Å²) in [5, 5.41) is 0. The normalized spacial score (nSPS) is 7.71. The van der Waals surface area contributed by atoms with Crippen LogP contribution in [0.2, 0.25) is 0 Å². The molecular formula is C6H9O. The maximum Gasteiger partial charge on any atom is 0.123 e. The van der Waals surface area contributed by atoms with Crippen molar-refractivity contribution < 1.29 is 4.79 Å². The van der Waals surface area contributed by atoms with Gasteiger partial charge >= 0.3 is 0 Å². The van der Waals surface area contributed by atoms with Crippen LogP contribution in [0.5, 0.6) is 0 Å². The maximum absolute atomic E-state index is 9.77. The molecule has 0 saturated carbocycles. The van der Waals surface area contributed by atoms with Crippen molar-refractivity contribution in [1.82, 2.24) is 0 Å². The number of allylic oxidation sites excluding steroid dienone is 1. The van der Waals surface area contributed by atoms with Crippen LogP contribution in [0.4, 0.5) is 0 Å². The van der Waals surface area contributed by atoms with Gasteiger partial charge in [-0.25, -0.2) is 4.79 Å². The molecule has 0 bridgehead atoms. The van der Waals surface area contributed by atoms with E-state index in [9.17, 15) is 4.79 Å². The second-order valence-corrected chi connectivity index (χ2v) is 1.31. The van der Waals surface area contributed by atoms with Gasteiger partial charge < -0.3 is 0 Å². The molecule has 7 heavy (non-hydrogen) atoms. The molecule has 0 spiro atoms. The van der Waals surface area contributed by atoms with Gasteiger partial charge in [-0.3, -0.25) is 0 Å². The van der Waals surface area contributed by atoms with Crippen LogP contribution in [-0.4, -0.2) is 5.94 Å². The van der Waals surface area contributed by atoms with E-state index in [0.717, 1.165) is 12.0 Å². The molecule has 0 rings (SSSR count). The second kappa shape index (κ2) is 3.63. The minimum Gasteiger partial charge on any atom is -0.234 e. The Morgan fingerprint density at radius 1 is 1.86 bits per heavy atom. The van der Waals surface area contributed by atoms with Crippen molar-refractivity contribution in [3.63, 3.8) is 0 Å². The van der Waals surface area contributed by atoms with Gasteiger partial charge in [-0.15, -0.1) is 0 Å². The zero-order valence-electron chi connectivity index (χ0n) is 4.53. The van der Waals surface area contributed by atoms with Gasteiger partial charge in [0.1, 0.15) is 5.94 Å². The van der Waals surface area contributed by atoms with Crippen LogP contribution in [0.25, 0.3) is 0 Å². The molecule has 0 aliphatic heterocycles. The Balaban J connectivity index is 3.61. The van der Waals surface area contributed by atoms with Crippen LogP contribution in [-0.2, 0) is 4.79 Å². The molecule has 0 aromatic rings. The fourth-order valence-corrected chi connectivity index (χ4v) is 0.300. The standard InChI is InChI=1S/C6H9O/c1-3-6(4-2)5-7/h1,3-4H2,2H3. The van der Waals surface area contributed by atoms with Crippen LogP contribution in [0.3, 0.4) is 0 Å². The summed E-state index contributed by atoms with van der Waals surface area (Å²) in [7, 11) is 0. The van der Waals surface area contributed by atoms with Crippen molar-refractivity contribution in [3.05, 3.63) is 12.5 Å². The van der Waals surface area contributed by atoms with Crippen molar-refractivity contribution in [3.8, 4) is 0 Å². The zero-order chi connectivity index (χ0) is 5.70. The Bertz CT molecular complexity index is 82.4. The molecule has 1 radical (unpaired) electrons. The maximum atomic E-state index is 9.77. The Morgan fingerprint density at radius 2 is 2.43 bits per heavy atom. The van der Waals surface area contributed by atoms with Crippen molar-refractivity contribution in [2.24, 2.45) is 0 Å². The van der Waals surface area contributed by atoms with E-state index in [1.54, 1.807) is 5.94 Å². The number of hydrogen-bond donors (Lipinski definition) is 0. The second-order valence-electron chi connectivity index (χ2n) is 1.31. The largest absolute Gasteiger partial charge is 0.234 e. The quantitative estimate of drug-likeness (QED) is 0.476. The topological polar surface area (TPSA) is 17.1 Å². The van der Waals surface area contributed by atoms with E-state index in [0.29, 0.717) is 6.42 Å². The minimum absolute atomic E-state index is 0.597. The van der Waals surface area contributed by atoms with Gasteiger partial charge in [0.05, 0.1) is 0 Å². The predicted octanol–water partition coefficient (Wildman–Crippen LogP) is 1.38. The molecule has 39 valence electrons. The molecule has 0 aromatic carbocycles. The molecule has 0 amide bonds. The Morgan fingerprint density at radius 3 is 2.43 bits per heavy atom. The first-order chi connectivity index (χ1) is 3.35. The van der Waals surface area contributed by atoms with E-state index in [-0.39, 0.29) is 0 Å². The highest BCUT2D eigenvalue weighted by Gasteiger charge is 1.85. The van der Waals surface area contributed by atoms with Gasteiger partial charge in [0.2, 0.25) is 0 Å². The number of carbonyl (C=O) groups excluding carboxylic acids is 1. The summed E-state index contributed by atoms with van der Waals surface area (Å²) in [4.78, 5) is 9.77. The summed E-state index contributed by atoms with van der Waals surface area (Å²) in [6.45, 7) is 5.45. The smallest absolute Gasteiger partial charge is 0.123 e. The Labute approximate surface area is 44.0 Å². The first-order valence-corrected chi connectivity index (χ1v) is 2.37. The highest BCUT2D eigenvalue weighted by molar-refractivity contribution is 5.52. The van der Waals surface area contributed by atoms with Crippen LogP contribution < -0.4 is 0 Å². The van der Waals surface area contributed by atoms with Crippen molar-refractivity contribution in [1.29, 1.82) is 0 Å². The lowest BCUT2D eigenvalue weighted by Crippen LogP contribution is -1.75. The third kappa shape index (κ3) is 2.18. The summed E-state index contributed by atoms with van der Waals surface area (Å²) in [5.41, 5.74) is 0.764. The summed E-state index contributed by atoms with van der Waals surface area (Å²) in [5.74, 6) is 1.81. The number of hydrogen-bond acceptors (Lipinski definition) is 1. The van der Waals surface area contributed by atoms with Crippen molar-refractivity contribution in [2.45, 2.75) is 19.8 Å². The highest BCUT2D eigenvalue weighted by Crippen LogP contribution is 1.97. The number of rotatable bonds is 2. The van der Waals surface area contributed by atoms with Gasteiger partial charge in [0, 0.05) is 5.57 Å². The van der Waals surface area contributed by atoms with Crippen molar-refractivity contribution >= 4 is 5.94 Å². The highest BCUT2D eigenvalue weighted by atomic mass is 16.1. The van der Waals surface area contributed by atoms with Crippen LogP contribution in [0, 0.1) is 6.92 Å². The van der Waals surface area contributed by atoms with Gasteiger partial charge in [-0.2, -0.15) is 0 Å². The zero-order valence-corrected chi connectivity index (χ0v) is 4.53. The lowest BCUT2D eigenvalue weighted by Gasteiger charge is -1.85. The molecule has 1 heteroatoms. The third-order valence-corrected chi connectivity index (χ3v) is 0.873. The van der Waals surface area contributed by atoms with E-state index < -0.39 is 0 Å². The molecule has 0 aromatic heterocycles. The SMILES string of the molecule is [CH2]CC(=C=O)CC. The van der Waals surface area contributed by atoms with E-state index in [4.69, 9.17) is 0 Å². The van der Waals surface area contributed by atoms with Crippen LogP contribution >= 0.6 is 0 Å². The van der Waals surface area contributed by atoms with Gasteiger partial charge in [0.25, 0.3) is 0 Å². The monoisotopic (exact) mass is 97.1 g/mol. The van der Waals surface area contributed by atoms with Crippen LogP contribution in [0.1, 0.15) is 19.8 Å². The lowest BCUT2D eigenvalue weighted by atomic mass is 10.2. The Kier molecular flexibility index (Phi) is 3.35. The fourth-order valence-electron chi connectivity index (χ4n) is 0.300. The average Bonchev–Trinajstić information content (AvgIpc) is 1.72. The summed E-state index contributed by atoms with van der Waals surface area (Å²) < 4.78 is 0. The van der Waals surface area contributed by atoms with E-state index in [2.05, 4.69) is 6.92 Å². The molecule has 1 nitrogen and oxygen atoms in total. The van der Waals surface area contributed by atoms with E-state index in [1.807, 2.05) is 6.92 Å². The Hall–Kier alpha value is -0.550. The molecule has 0 unspecified atom stereocenters. The van der Waals surface area contributed by atoms with E-state index >= 15 is 0 Å². The van der Waals surface area contributed by atoms with Gasteiger partial charge in [0.15, 0.2) is 0 Å². The summed E-state index contributed by atoms with van der Waals surface area (Å²) in [6, 6.07) is 0. The molecule has 0 aliphatic carbocycles. The molecule has 0 aliphatic rings. The fraction of sp³-hybridized carbons (Fsp3) is 0.500. The lowest BCUT2D eigenvalue weighted by molar-refractivity contribution is 0.565. The first kappa shape index (κ1) is 6.45. The third-order valence-electron chi connectivity index (χ3n) is 0.873. The average molecular weight is 97.1 g/mol. The molecule has 0 heterocycles. The molecule has 0 N–H and O–H groups in total. The van der Waals surface area contributed by atoms with E-state index in [1.165, 1.54) is 0 Å². The predicted molar refractivity (Wildman–Crippen MR) is 29.5 cm³/mol. The van der Waals surface area contributed by atoms with Gasteiger partial charge in [-0.05, 0) is 19.8 Å². The first-order valence-electron chi connectivity index (χ1n) is 2.37. The summed E-state index contributed by atoms with van der Waals surface area (Å²) in [6.07, 6.45) is 1.38. The molecule has 0 saturated heterocycles. The summed E-state index contributed by atoms with van der Waals surface area (Å²) >= 11 is 0. The molecule has 0 atom stereocenters. The molecular weight excluding hydrogens is 88.1 g/mol. The van der Waals surface area contributed by atoms with Gasteiger partial charge in [-0.1, -0.05) is 6.92 Å². The van der Waals surface area contributed by atoms with Crippen LogP contribution in [0.15, 0.2) is 5.57 Å². The minimum atomic E-state index is 0.597. The van der Waals surface area contributed by atoms with Crippen molar-refractivity contribution in [2.75, 3.05) is 0 Å².